The molecule has 3 aliphatic rings. The van der Waals surface area contributed by atoms with Crippen LogP contribution in [0.3, 0.4) is 0 Å². The van der Waals surface area contributed by atoms with Gasteiger partial charge in [0.1, 0.15) is 11.4 Å². The number of nitrogens with one attached hydrogen (secondary N) is 2. The first-order chi connectivity index (χ1) is 9.04. The van der Waals surface area contributed by atoms with Gasteiger partial charge in [0.2, 0.25) is 0 Å². The third kappa shape index (κ3) is 2.05. The van der Waals surface area contributed by atoms with Crippen molar-refractivity contribution < 1.29 is 4.79 Å². The Bertz CT molecular complexity index is 402. The monoisotopic (exact) mass is 263 g/mol. The summed E-state index contributed by atoms with van der Waals surface area (Å²) in [5.41, 5.74) is -0.290. The van der Waals surface area contributed by atoms with Crippen molar-refractivity contribution in [3.05, 3.63) is 0 Å². The Labute approximate surface area is 115 Å². The van der Waals surface area contributed by atoms with Gasteiger partial charge in [0.05, 0.1) is 0 Å². The summed E-state index contributed by atoms with van der Waals surface area (Å²) in [5.74, 6) is 1.93. The predicted molar refractivity (Wildman–Crippen MR) is 75.3 cm³/mol. The van der Waals surface area contributed by atoms with E-state index in [2.05, 4.69) is 19.2 Å². The van der Waals surface area contributed by atoms with Gasteiger partial charge in [-0.3, -0.25) is 10.7 Å². The number of hydrogen-bond donors (Lipinski definition) is 2. The Morgan fingerprint density at radius 2 is 2.00 bits per heavy atom. The van der Waals surface area contributed by atoms with Gasteiger partial charge in [-0.15, -0.1) is 0 Å². The number of carbonyl (C=O) groups excluding carboxylic acids is 1. The summed E-state index contributed by atoms with van der Waals surface area (Å²) in [6.07, 6.45) is 7.74. The van der Waals surface area contributed by atoms with Gasteiger partial charge in [0.15, 0.2) is 0 Å². The second kappa shape index (κ2) is 4.50. The van der Waals surface area contributed by atoms with Crippen LogP contribution in [0.15, 0.2) is 0 Å². The summed E-state index contributed by atoms with van der Waals surface area (Å²) in [7, 11) is 0. The Morgan fingerprint density at radius 1 is 1.26 bits per heavy atom. The molecule has 4 nitrogen and oxygen atoms in total. The van der Waals surface area contributed by atoms with Crippen molar-refractivity contribution in [1.82, 2.24) is 10.2 Å². The molecule has 1 spiro atoms. The van der Waals surface area contributed by atoms with Crippen LogP contribution in [0, 0.1) is 17.2 Å². The quantitative estimate of drug-likeness (QED) is 0.790. The summed E-state index contributed by atoms with van der Waals surface area (Å²) in [4.78, 5) is 14.2. The molecule has 2 amide bonds. The number of amidine groups is 1. The molecular formula is C15H25N3O. The van der Waals surface area contributed by atoms with Crippen LogP contribution in [0.2, 0.25) is 0 Å². The van der Waals surface area contributed by atoms with E-state index < -0.39 is 0 Å². The number of carbonyl (C=O) groups is 1. The number of nitrogens with zero attached hydrogens (tertiary/aromatic N) is 1. The second-order valence-corrected chi connectivity index (χ2v) is 6.87. The highest BCUT2D eigenvalue weighted by Gasteiger charge is 2.55. The molecule has 1 heterocycles. The molecule has 106 valence electrons. The van der Waals surface area contributed by atoms with Crippen molar-refractivity contribution in [2.75, 3.05) is 0 Å². The number of urea groups is 1. The van der Waals surface area contributed by atoms with Crippen molar-refractivity contribution in [2.45, 2.75) is 70.4 Å². The molecule has 0 aromatic rings. The number of amides is 2. The van der Waals surface area contributed by atoms with Crippen molar-refractivity contribution >= 4 is 11.9 Å². The van der Waals surface area contributed by atoms with E-state index >= 15 is 0 Å². The van der Waals surface area contributed by atoms with E-state index in [1.54, 1.807) is 0 Å². The fourth-order valence-electron chi connectivity index (χ4n) is 3.95. The maximum atomic E-state index is 12.1. The summed E-state index contributed by atoms with van der Waals surface area (Å²) < 4.78 is 0. The third-order valence-electron chi connectivity index (χ3n) is 5.33. The normalized spacial score (nSPS) is 35.9. The third-order valence-corrected chi connectivity index (χ3v) is 5.33. The minimum Gasteiger partial charge on any atom is -0.309 e. The molecule has 19 heavy (non-hydrogen) atoms. The molecule has 2 atom stereocenters. The van der Waals surface area contributed by atoms with Gasteiger partial charge in [-0.2, -0.15) is 0 Å². The molecule has 3 rings (SSSR count). The molecule has 1 aliphatic heterocycles. The van der Waals surface area contributed by atoms with Gasteiger partial charge in [0.25, 0.3) is 0 Å². The van der Waals surface area contributed by atoms with Gasteiger partial charge in [0, 0.05) is 6.04 Å². The average molecular weight is 263 g/mol. The van der Waals surface area contributed by atoms with Crippen LogP contribution in [0.5, 0.6) is 0 Å². The lowest BCUT2D eigenvalue weighted by molar-refractivity contribution is 0.155. The number of rotatable bonds is 2. The van der Waals surface area contributed by atoms with Crippen molar-refractivity contribution in [2.24, 2.45) is 11.8 Å². The van der Waals surface area contributed by atoms with E-state index in [0.29, 0.717) is 17.8 Å². The highest BCUT2D eigenvalue weighted by Crippen LogP contribution is 2.44. The minimum absolute atomic E-state index is 0.0181. The predicted octanol–water partition coefficient (Wildman–Crippen LogP) is 3.13. The van der Waals surface area contributed by atoms with Crippen LogP contribution >= 0.6 is 0 Å². The van der Waals surface area contributed by atoms with Crippen molar-refractivity contribution in [1.29, 1.82) is 5.41 Å². The molecule has 1 saturated heterocycles. The van der Waals surface area contributed by atoms with E-state index in [-0.39, 0.29) is 11.6 Å². The first kappa shape index (κ1) is 12.9. The van der Waals surface area contributed by atoms with Crippen LogP contribution in [0.25, 0.3) is 0 Å². The zero-order chi connectivity index (χ0) is 13.6. The highest BCUT2D eigenvalue weighted by molar-refractivity contribution is 6.08. The Balaban J connectivity index is 1.84. The first-order valence-corrected chi connectivity index (χ1v) is 7.74. The largest absolute Gasteiger partial charge is 0.323 e. The fraction of sp³-hybridized carbons (Fsp3) is 0.867. The molecule has 0 aromatic heterocycles. The van der Waals surface area contributed by atoms with Crippen LogP contribution in [-0.2, 0) is 0 Å². The Hall–Kier alpha value is -1.06. The lowest BCUT2D eigenvalue weighted by Gasteiger charge is -2.36. The van der Waals surface area contributed by atoms with Crippen LogP contribution in [0.4, 0.5) is 4.79 Å². The molecule has 4 heteroatoms. The van der Waals surface area contributed by atoms with E-state index in [9.17, 15) is 4.79 Å². The van der Waals surface area contributed by atoms with Crippen LogP contribution in [0.1, 0.15) is 58.8 Å². The van der Waals surface area contributed by atoms with E-state index in [4.69, 9.17) is 5.41 Å². The second-order valence-electron chi connectivity index (χ2n) is 6.87. The highest BCUT2D eigenvalue weighted by atomic mass is 16.2. The smallest absolute Gasteiger partial charge is 0.309 e. The Morgan fingerprint density at radius 3 is 2.63 bits per heavy atom. The summed E-state index contributed by atoms with van der Waals surface area (Å²) in [6, 6.07) is 0.383. The molecule has 2 N–H and O–H groups in total. The topological polar surface area (TPSA) is 56.2 Å². The average Bonchev–Trinajstić information content (AvgIpc) is 3.13. The van der Waals surface area contributed by atoms with Gasteiger partial charge < -0.3 is 4.90 Å². The standard InChI is InChI=1S/C15H25N3O/c1-10(2)11-4-3-8-15(9-7-11)13(16)17-14(19)18(15)12-5-6-12/h10-12H,3-9H2,1-2H3,(H2,16,17,19). The van der Waals surface area contributed by atoms with Crippen molar-refractivity contribution in [3.8, 4) is 0 Å². The fourth-order valence-corrected chi connectivity index (χ4v) is 3.95. The van der Waals surface area contributed by atoms with Crippen LogP contribution in [-0.4, -0.2) is 28.3 Å². The SMILES string of the molecule is CC(C)C1CCCC2(CC1)C(=N)NC(=O)N2C1CC1. The van der Waals surface area contributed by atoms with E-state index in [1.807, 2.05) is 4.90 Å². The van der Waals surface area contributed by atoms with Crippen LogP contribution < -0.4 is 5.32 Å². The Kier molecular flexibility index (Phi) is 3.06. The van der Waals surface area contributed by atoms with E-state index in [0.717, 1.165) is 44.4 Å². The van der Waals surface area contributed by atoms with Crippen molar-refractivity contribution in [3.63, 3.8) is 0 Å². The lowest BCUT2D eigenvalue weighted by atomic mass is 9.85. The van der Waals surface area contributed by atoms with Gasteiger partial charge in [-0.05, 0) is 43.9 Å². The molecule has 2 unspecified atom stereocenters. The molecule has 0 bridgehead atoms. The number of hydrogen-bond acceptors (Lipinski definition) is 2. The maximum Gasteiger partial charge on any atom is 0.323 e. The van der Waals surface area contributed by atoms with Gasteiger partial charge in [-0.1, -0.05) is 26.7 Å². The molecule has 2 saturated carbocycles. The molecular weight excluding hydrogens is 238 g/mol. The molecule has 0 aromatic carbocycles. The van der Waals surface area contributed by atoms with Gasteiger partial charge in [-0.25, -0.2) is 4.79 Å². The summed E-state index contributed by atoms with van der Waals surface area (Å²) >= 11 is 0. The summed E-state index contributed by atoms with van der Waals surface area (Å²) in [5, 5.41) is 11.1. The molecule has 0 radical (unpaired) electrons. The zero-order valence-corrected chi connectivity index (χ0v) is 12.0. The summed E-state index contributed by atoms with van der Waals surface area (Å²) in [6.45, 7) is 4.59. The van der Waals surface area contributed by atoms with E-state index in [1.165, 1.54) is 6.42 Å². The maximum absolute atomic E-state index is 12.1. The zero-order valence-electron chi connectivity index (χ0n) is 12.0. The lowest BCUT2D eigenvalue weighted by Crippen LogP contribution is -2.50. The van der Waals surface area contributed by atoms with Gasteiger partial charge >= 0.3 is 6.03 Å². The molecule has 3 fully saturated rings. The minimum atomic E-state index is -0.290. The first-order valence-electron chi connectivity index (χ1n) is 7.74. The molecule has 2 aliphatic carbocycles.